The Morgan fingerprint density at radius 1 is 1.38 bits per heavy atom. The summed E-state index contributed by atoms with van der Waals surface area (Å²) < 4.78 is 12.9. The second kappa shape index (κ2) is 6.80. The second-order valence-electron chi connectivity index (χ2n) is 6.81. The van der Waals surface area contributed by atoms with Gasteiger partial charge in [0.1, 0.15) is 0 Å². The minimum absolute atomic E-state index is 0.0220. The third-order valence-electron chi connectivity index (χ3n) is 5.16. The van der Waals surface area contributed by atoms with E-state index >= 15 is 0 Å². The van der Waals surface area contributed by atoms with E-state index in [-0.39, 0.29) is 16.7 Å². The zero-order valence-corrected chi connectivity index (χ0v) is 14.7. The summed E-state index contributed by atoms with van der Waals surface area (Å²) in [6.07, 6.45) is 4.20. The smallest absolute Gasteiger partial charge is 0.0577 e. The molecule has 21 heavy (non-hydrogen) atoms. The van der Waals surface area contributed by atoms with Gasteiger partial charge in [0.2, 0.25) is 0 Å². The van der Waals surface area contributed by atoms with Gasteiger partial charge >= 0.3 is 0 Å². The fourth-order valence-corrected chi connectivity index (χ4v) is 5.09. The van der Waals surface area contributed by atoms with Gasteiger partial charge in [0.25, 0.3) is 0 Å². The van der Waals surface area contributed by atoms with Crippen molar-refractivity contribution in [3.05, 3.63) is 29.3 Å². The fourth-order valence-electron chi connectivity index (χ4n) is 3.16. The van der Waals surface area contributed by atoms with E-state index in [0.717, 1.165) is 30.6 Å². The third-order valence-corrected chi connectivity index (χ3v) is 7.21. The summed E-state index contributed by atoms with van der Waals surface area (Å²) in [4.78, 5) is 0.804. The summed E-state index contributed by atoms with van der Waals surface area (Å²) in [5, 5.41) is 0.670. The summed E-state index contributed by atoms with van der Waals surface area (Å²) >= 11 is 6.02. The van der Waals surface area contributed by atoms with Crippen LogP contribution in [0.5, 0.6) is 0 Å². The number of halogens is 1. The van der Waals surface area contributed by atoms with E-state index < -0.39 is 10.8 Å². The molecule has 0 spiro atoms. The van der Waals surface area contributed by atoms with Crippen molar-refractivity contribution in [1.29, 1.82) is 0 Å². The Hall–Kier alpha value is -0.380. The first-order valence-electron chi connectivity index (χ1n) is 7.77. The van der Waals surface area contributed by atoms with Gasteiger partial charge in [0, 0.05) is 16.0 Å². The Bertz CT molecular complexity index is 517. The normalized spacial score (nSPS) is 28.3. The van der Waals surface area contributed by atoms with Crippen LogP contribution in [-0.2, 0) is 10.8 Å². The molecule has 0 radical (unpaired) electrons. The van der Waals surface area contributed by atoms with E-state index in [2.05, 4.69) is 20.8 Å². The number of hydrogen-bond acceptors (Lipinski definition) is 2. The third kappa shape index (κ3) is 3.88. The van der Waals surface area contributed by atoms with Gasteiger partial charge in [-0.15, -0.1) is 0 Å². The van der Waals surface area contributed by atoms with E-state index in [1.807, 2.05) is 18.2 Å². The second-order valence-corrected chi connectivity index (χ2v) is 8.92. The van der Waals surface area contributed by atoms with Crippen molar-refractivity contribution in [2.24, 2.45) is 17.1 Å². The number of benzene rings is 1. The monoisotopic (exact) mass is 327 g/mol. The van der Waals surface area contributed by atoms with Gasteiger partial charge in [-0.05, 0) is 48.8 Å². The fraction of sp³-hybridized carbons (Fsp3) is 0.647. The van der Waals surface area contributed by atoms with Crippen LogP contribution in [0.3, 0.4) is 0 Å². The highest BCUT2D eigenvalue weighted by Gasteiger charge is 2.38. The van der Waals surface area contributed by atoms with Crippen LogP contribution in [0.25, 0.3) is 0 Å². The van der Waals surface area contributed by atoms with Crippen LogP contribution in [0.1, 0.15) is 46.5 Å². The molecule has 2 rings (SSSR count). The molecule has 0 bridgehead atoms. The van der Waals surface area contributed by atoms with Crippen LogP contribution in [0, 0.1) is 11.3 Å². The van der Waals surface area contributed by atoms with Crippen molar-refractivity contribution in [3.8, 4) is 0 Å². The maximum atomic E-state index is 12.9. The Morgan fingerprint density at radius 3 is 2.71 bits per heavy atom. The summed E-state index contributed by atoms with van der Waals surface area (Å²) in [6.45, 7) is 6.86. The molecule has 4 heteroatoms. The van der Waals surface area contributed by atoms with Gasteiger partial charge in [0.15, 0.2) is 0 Å². The Balaban J connectivity index is 2.19. The Kier molecular flexibility index (Phi) is 5.50. The van der Waals surface area contributed by atoms with E-state index in [1.54, 1.807) is 6.07 Å². The van der Waals surface area contributed by atoms with Gasteiger partial charge in [-0.25, -0.2) is 0 Å². The maximum absolute atomic E-state index is 12.9. The number of rotatable bonds is 4. The molecule has 0 aromatic heterocycles. The largest absolute Gasteiger partial charge is 0.327 e. The van der Waals surface area contributed by atoms with Gasteiger partial charge in [-0.1, -0.05) is 44.9 Å². The van der Waals surface area contributed by atoms with Crippen molar-refractivity contribution >= 4 is 22.4 Å². The molecule has 1 aliphatic carbocycles. The molecule has 2 nitrogen and oxygen atoms in total. The molecule has 1 aromatic carbocycles. The van der Waals surface area contributed by atoms with Crippen LogP contribution in [-0.4, -0.2) is 15.5 Å². The molecular weight excluding hydrogens is 302 g/mol. The van der Waals surface area contributed by atoms with Crippen LogP contribution in [0.15, 0.2) is 29.2 Å². The van der Waals surface area contributed by atoms with Crippen LogP contribution >= 0.6 is 11.6 Å². The van der Waals surface area contributed by atoms with Gasteiger partial charge in [0.05, 0.1) is 16.0 Å². The highest BCUT2D eigenvalue weighted by Crippen LogP contribution is 2.42. The van der Waals surface area contributed by atoms with E-state index in [1.165, 1.54) is 0 Å². The molecule has 1 fully saturated rings. The lowest BCUT2D eigenvalue weighted by Gasteiger charge is -2.41. The minimum atomic E-state index is -1.08. The van der Waals surface area contributed by atoms with Crippen molar-refractivity contribution < 1.29 is 4.21 Å². The SMILES string of the molecule is CCC(C)(C)C1CCC(N)C(S(=O)c2cccc(Cl)c2)C1. The molecule has 2 N–H and O–H groups in total. The summed E-state index contributed by atoms with van der Waals surface area (Å²) in [6, 6.07) is 7.39. The van der Waals surface area contributed by atoms with Gasteiger partial charge in [-0.3, -0.25) is 4.21 Å². The molecular formula is C17H26ClNOS. The lowest BCUT2D eigenvalue weighted by atomic mass is 9.69. The van der Waals surface area contributed by atoms with Crippen LogP contribution in [0.4, 0.5) is 0 Å². The lowest BCUT2D eigenvalue weighted by Crippen LogP contribution is -2.45. The van der Waals surface area contributed by atoms with E-state index in [4.69, 9.17) is 17.3 Å². The topological polar surface area (TPSA) is 43.1 Å². The van der Waals surface area contributed by atoms with Crippen molar-refractivity contribution in [1.82, 2.24) is 0 Å². The molecule has 0 aliphatic heterocycles. The standard InChI is InChI=1S/C17H26ClNOS/c1-4-17(2,3)12-8-9-15(19)16(10-12)21(20)14-7-5-6-13(18)11-14/h5-7,11-12,15-16H,4,8-10,19H2,1-3H3. The molecule has 0 saturated heterocycles. The van der Waals surface area contributed by atoms with Crippen molar-refractivity contribution in [3.63, 3.8) is 0 Å². The molecule has 4 unspecified atom stereocenters. The van der Waals surface area contributed by atoms with E-state index in [9.17, 15) is 4.21 Å². The quantitative estimate of drug-likeness (QED) is 0.891. The average molecular weight is 328 g/mol. The Labute approximate surface area is 135 Å². The number of nitrogens with two attached hydrogens (primary N) is 1. The maximum Gasteiger partial charge on any atom is 0.0577 e. The molecule has 1 aromatic rings. The molecule has 1 aliphatic rings. The first kappa shape index (κ1) is 17.0. The molecule has 0 heterocycles. The minimum Gasteiger partial charge on any atom is -0.327 e. The zero-order chi connectivity index (χ0) is 15.6. The summed E-state index contributed by atoms with van der Waals surface area (Å²) in [5.41, 5.74) is 6.56. The predicted octanol–water partition coefficient (Wildman–Crippen LogP) is 4.38. The zero-order valence-electron chi connectivity index (χ0n) is 13.1. The van der Waals surface area contributed by atoms with Gasteiger partial charge < -0.3 is 5.73 Å². The van der Waals surface area contributed by atoms with E-state index in [0.29, 0.717) is 10.9 Å². The highest BCUT2D eigenvalue weighted by atomic mass is 35.5. The molecule has 0 amide bonds. The van der Waals surface area contributed by atoms with Crippen LogP contribution < -0.4 is 5.73 Å². The number of hydrogen-bond donors (Lipinski definition) is 1. The lowest BCUT2D eigenvalue weighted by molar-refractivity contribution is 0.147. The first-order valence-corrected chi connectivity index (χ1v) is 9.36. The summed E-state index contributed by atoms with van der Waals surface area (Å²) in [7, 11) is -1.08. The predicted molar refractivity (Wildman–Crippen MR) is 91.0 cm³/mol. The van der Waals surface area contributed by atoms with Crippen molar-refractivity contribution in [2.75, 3.05) is 0 Å². The first-order chi connectivity index (χ1) is 9.85. The van der Waals surface area contributed by atoms with Crippen molar-refractivity contribution in [2.45, 2.75) is 62.6 Å². The van der Waals surface area contributed by atoms with Crippen LogP contribution in [0.2, 0.25) is 5.02 Å². The molecule has 4 atom stereocenters. The highest BCUT2D eigenvalue weighted by molar-refractivity contribution is 7.85. The van der Waals surface area contributed by atoms with Gasteiger partial charge in [-0.2, -0.15) is 0 Å². The molecule has 1 saturated carbocycles. The Morgan fingerprint density at radius 2 is 2.10 bits per heavy atom. The molecule has 118 valence electrons. The average Bonchev–Trinajstić information content (AvgIpc) is 2.47. The summed E-state index contributed by atoms with van der Waals surface area (Å²) in [5.74, 6) is 0.593.